The van der Waals surface area contributed by atoms with Crippen LogP contribution in [-0.2, 0) is 7.05 Å². The van der Waals surface area contributed by atoms with Gasteiger partial charge >= 0.3 is 0 Å². The van der Waals surface area contributed by atoms with Crippen molar-refractivity contribution in [3.8, 4) is 0 Å². The molecule has 1 fully saturated rings. The van der Waals surface area contributed by atoms with Gasteiger partial charge in [0, 0.05) is 26.7 Å². The van der Waals surface area contributed by atoms with Gasteiger partial charge in [0.1, 0.15) is 0 Å². The lowest BCUT2D eigenvalue weighted by Gasteiger charge is -2.20. The van der Waals surface area contributed by atoms with E-state index in [0.717, 1.165) is 37.6 Å². The SMILES string of the molecule is Cn1c(N2CCCNCC2)nc2ccccc21. The highest BCUT2D eigenvalue weighted by molar-refractivity contribution is 5.78. The first-order valence-corrected chi connectivity index (χ1v) is 6.23. The molecule has 1 aromatic heterocycles. The summed E-state index contributed by atoms with van der Waals surface area (Å²) in [5.74, 6) is 1.09. The van der Waals surface area contributed by atoms with Crippen LogP contribution in [0.5, 0.6) is 0 Å². The molecule has 4 nitrogen and oxygen atoms in total. The van der Waals surface area contributed by atoms with Crippen molar-refractivity contribution in [1.29, 1.82) is 0 Å². The smallest absolute Gasteiger partial charge is 0.206 e. The highest BCUT2D eigenvalue weighted by Crippen LogP contribution is 2.21. The molecule has 4 heteroatoms. The molecule has 2 aromatic rings. The number of imidazole rings is 1. The molecule has 0 bridgehead atoms. The topological polar surface area (TPSA) is 33.1 Å². The normalized spacial score (nSPS) is 17.4. The van der Waals surface area contributed by atoms with Gasteiger partial charge in [0.15, 0.2) is 0 Å². The quantitative estimate of drug-likeness (QED) is 0.803. The molecular weight excluding hydrogens is 212 g/mol. The van der Waals surface area contributed by atoms with Crippen molar-refractivity contribution in [3.63, 3.8) is 0 Å². The third-order valence-electron chi connectivity index (χ3n) is 3.39. The summed E-state index contributed by atoms with van der Waals surface area (Å²) in [6.07, 6.45) is 1.18. The van der Waals surface area contributed by atoms with Crippen LogP contribution in [0.1, 0.15) is 6.42 Å². The molecule has 0 unspecified atom stereocenters. The number of hydrogen-bond donors (Lipinski definition) is 1. The van der Waals surface area contributed by atoms with E-state index >= 15 is 0 Å². The monoisotopic (exact) mass is 230 g/mol. The van der Waals surface area contributed by atoms with Gasteiger partial charge in [-0.3, -0.25) is 0 Å². The molecule has 3 rings (SSSR count). The molecule has 1 aliphatic heterocycles. The van der Waals surface area contributed by atoms with Gasteiger partial charge in [0.05, 0.1) is 11.0 Å². The van der Waals surface area contributed by atoms with Crippen molar-refractivity contribution in [2.24, 2.45) is 7.05 Å². The van der Waals surface area contributed by atoms with Gasteiger partial charge in [-0.15, -0.1) is 0 Å². The maximum Gasteiger partial charge on any atom is 0.206 e. The highest BCUT2D eigenvalue weighted by atomic mass is 15.3. The number of nitrogens with zero attached hydrogens (tertiary/aromatic N) is 3. The largest absolute Gasteiger partial charge is 0.341 e. The minimum absolute atomic E-state index is 1.04. The van der Waals surface area contributed by atoms with Crippen LogP contribution in [0, 0.1) is 0 Å². The summed E-state index contributed by atoms with van der Waals surface area (Å²) in [4.78, 5) is 7.11. The van der Waals surface area contributed by atoms with Crippen LogP contribution in [0.3, 0.4) is 0 Å². The van der Waals surface area contributed by atoms with Crippen molar-refractivity contribution >= 4 is 17.0 Å². The first-order chi connectivity index (χ1) is 8.36. The van der Waals surface area contributed by atoms with E-state index in [0.29, 0.717) is 0 Å². The summed E-state index contributed by atoms with van der Waals surface area (Å²) >= 11 is 0. The first kappa shape index (κ1) is 10.6. The van der Waals surface area contributed by atoms with Gasteiger partial charge in [-0.2, -0.15) is 0 Å². The predicted molar refractivity (Wildman–Crippen MR) is 70.4 cm³/mol. The van der Waals surface area contributed by atoms with Crippen LogP contribution in [-0.4, -0.2) is 35.7 Å². The molecule has 90 valence electrons. The lowest BCUT2D eigenvalue weighted by atomic mass is 10.3. The Bertz CT molecular complexity index is 509. The Hall–Kier alpha value is -1.55. The second kappa shape index (κ2) is 4.37. The van der Waals surface area contributed by atoms with Crippen LogP contribution in [0.15, 0.2) is 24.3 Å². The van der Waals surface area contributed by atoms with Gasteiger partial charge in [0.2, 0.25) is 5.95 Å². The Morgan fingerprint density at radius 1 is 1.18 bits per heavy atom. The van der Waals surface area contributed by atoms with E-state index in [4.69, 9.17) is 4.98 Å². The van der Waals surface area contributed by atoms with E-state index in [1.165, 1.54) is 11.9 Å². The average molecular weight is 230 g/mol. The maximum absolute atomic E-state index is 4.74. The van der Waals surface area contributed by atoms with E-state index < -0.39 is 0 Å². The number of aromatic nitrogens is 2. The lowest BCUT2D eigenvalue weighted by molar-refractivity contribution is 0.724. The predicted octanol–water partition coefficient (Wildman–Crippen LogP) is 1.37. The molecule has 17 heavy (non-hydrogen) atoms. The number of rotatable bonds is 1. The van der Waals surface area contributed by atoms with E-state index in [-0.39, 0.29) is 0 Å². The summed E-state index contributed by atoms with van der Waals surface area (Å²) in [5, 5.41) is 3.42. The van der Waals surface area contributed by atoms with E-state index in [2.05, 4.69) is 40.0 Å². The summed E-state index contributed by atoms with van der Waals surface area (Å²) in [6, 6.07) is 8.32. The number of nitrogens with one attached hydrogen (secondary N) is 1. The van der Waals surface area contributed by atoms with Crippen molar-refractivity contribution in [2.75, 3.05) is 31.1 Å². The van der Waals surface area contributed by atoms with E-state index in [9.17, 15) is 0 Å². The zero-order valence-electron chi connectivity index (χ0n) is 10.2. The molecule has 1 N–H and O–H groups in total. The van der Waals surface area contributed by atoms with Gasteiger partial charge in [-0.1, -0.05) is 12.1 Å². The van der Waals surface area contributed by atoms with E-state index in [1.54, 1.807) is 0 Å². The highest BCUT2D eigenvalue weighted by Gasteiger charge is 2.15. The number of para-hydroxylation sites is 2. The Labute approximate surface area is 101 Å². The Kier molecular flexibility index (Phi) is 2.73. The second-order valence-corrected chi connectivity index (χ2v) is 4.55. The summed E-state index contributed by atoms with van der Waals surface area (Å²) < 4.78 is 2.20. The van der Waals surface area contributed by atoms with Gasteiger partial charge in [-0.25, -0.2) is 4.98 Å². The molecular formula is C13H18N4. The van der Waals surface area contributed by atoms with Gasteiger partial charge in [0.25, 0.3) is 0 Å². The lowest BCUT2D eigenvalue weighted by Crippen LogP contribution is -2.29. The maximum atomic E-state index is 4.74. The molecule has 0 aliphatic carbocycles. The number of hydrogen-bond acceptors (Lipinski definition) is 3. The number of benzene rings is 1. The summed E-state index contributed by atoms with van der Waals surface area (Å²) in [7, 11) is 2.10. The van der Waals surface area contributed by atoms with Crippen LogP contribution in [0.4, 0.5) is 5.95 Å². The zero-order valence-corrected chi connectivity index (χ0v) is 10.2. The second-order valence-electron chi connectivity index (χ2n) is 4.55. The van der Waals surface area contributed by atoms with Crippen molar-refractivity contribution < 1.29 is 0 Å². The molecule has 0 saturated carbocycles. The fraction of sp³-hybridized carbons (Fsp3) is 0.462. The average Bonchev–Trinajstić information content (AvgIpc) is 2.57. The molecule has 0 radical (unpaired) electrons. The van der Waals surface area contributed by atoms with Crippen molar-refractivity contribution in [2.45, 2.75) is 6.42 Å². The number of anilines is 1. The third-order valence-corrected chi connectivity index (χ3v) is 3.39. The Morgan fingerprint density at radius 3 is 2.94 bits per heavy atom. The number of aryl methyl sites for hydroxylation is 1. The molecule has 0 atom stereocenters. The Balaban J connectivity index is 2.01. The first-order valence-electron chi connectivity index (χ1n) is 6.23. The standard InChI is InChI=1S/C13H18N4/c1-16-12-6-3-2-5-11(12)15-13(16)17-9-4-7-14-8-10-17/h2-3,5-6,14H,4,7-10H2,1H3. The van der Waals surface area contributed by atoms with Gasteiger partial charge in [-0.05, 0) is 25.1 Å². The fourth-order valence-corrected chi connectivity index (χ4v) is 2.46. The minimum Gasteiger partial charge on any atom is -0.341 e. The van der Waals surface area contributed by atoms with Crippen LogP contribution >= 0.6 is 0 Å². The molecule has 1 aromatic carbocycles. The molecule has 0 spiro atoms. The summed E-state index contributed by atoms with van der Waals surface area (Å²) in [6.45, 7) is 4.28. The molecule has 2 heterocycles. The molecule has 1 aliphatic rings. The van der Waals surface area contributed by atoms with Gasteiger partial charge < -0.3 is 14.8 Å². The van der Waals surface area contributed by atoms with Crippen molar-refractivity contribution in [3.05, 3.63) is 24.3 Å². The van der Waals surface area contributed by atoms with Crippen LogP contribution in [0.25, 0.3) is 11.0 Å². The molecule has 0 amide bonds. The summed E-state index contributed by atoms with van der Waals surface area (Å²) in [5.41, 5.74) is 2.29. The van der Waals surface area contributed by atoms with Crippen LogP contribution < -0.4 is 10.2 Å². The van der Waals surface area contributed by atoms with Crippen LogP contribution in [0.2, 0.25) is 0 Å². The van der Waals surface area contributed by atoms with Crippen molar-refractivity contribution in [1.82, 2.24) is 14.9 Å². The number of fused-ring (bicyclic) bond motifs is 1. The van der Waals surface area contributed by atoms with E-state index in [1.807, 2.05) is 6.07 Å². The third kappa shape index (κ3) is 1.89. The fourth-order valence-electron chi connectivity index (χ4n) is 2.46. The zero-order chi connectivity index (χ0) is 11.7. The Morgan fingerprint density at radius 2 is 2.06 bits per heavy atom. The minimum atomic E-state index is 1.04. The molecule has 1 saturated heterocycles.